The molecule has 0 spiro atoms. The van der Waals surface area contributed by atoms with E-state index in [1.807, 2.05) is 78.9 Å². The second kappa shape index (κ2) is 11.4. The fourth-order valence-corrected chi connectivity index (χ4v) is 5.76. The Morgan fingerprint density at radius 2 is 1.68 bits per heavy atom. The Labute approximate surface area is 243 Å². The van der Waals surface area contributed by atoms with Gasteiger partial charge in [-0.25, -0.2) is 0 Å². The predicted octanol–water partition coefficient (Wildman–Crippen LogP) is 7.07. The van der Waals surface area contributed by atoms with E-state index in [4.69, 9.17) is 20.8 Å². The van der Waals surface area contributed by atoms with Crippen molar-refractivity contribution in [2.24, 2.45) is 0 Å². The van der Waals surface area contributed by atoms with Crippen molar-refractivity contribution < 1.29 is 13.9 Å². The third kappa shape index (κ3) is 5.09. The number of benzene rings is 4. The molecule has 6 nitrogen and oxygen atoms in total. The van der Waals surface area contributed by atoms with E-state index in [0.717, 1.165) is 35.0 Å². The number of halogens is 1. The first-order valence-corrected chi connectivity index (χ1v) is 14.3. The lowest BCUT2D eigenvalue weighted by atomic mass is 9.97. The second-order valence-corrected chi connectivity index (χ2v) is 10.7. The van der Waals surface area contributed by atoms with Crippen LogP contribution in [-0.4, -0.2) is 41.9 Å². The van der Waals surface area contributed by atoms with Crippen LogP contribution < -0.4 is 10.2 Å². The molecule has 0 saturated heterocycles. The molecular formula is C34H31ClN2O4. The minimum atomic E-state index is -0.584. The highest BCUT2D eigenvalue weighted by atomic mass is 35.5. The normalized spacial score (nSPS) is 14.8. The number of hydrogen-bond acceptors (Lipinski definition) is 5. The first kappa shape index (κ1) is 27.1. The van der Waals surface area contributed by atoms with Crippen LogP contribution >= 0.6 is 11.6 Å². The molecule has 0 aliphatic carbocycles. The summed E-state index contributed by atoms with van der Waals surface area (Å²) in [4.78, 5) is 32.1. The molecule has 6 rings (SSSR count). The number of hydrogen-bond donors (Lipinski definition) is 0. The van der Waals surface area contributed by atoms with Crippen molar-refractivity contribution in [1.82, 2.24) is 9.80 Å². The van der Waals surface area contributed by atoms with E-state index in [9.17, 15) is 9.59 Å². The van der Waals surface area contributed by atoms with Crippen LogP contribution in [0.4, 0.5) is 0 Å². The van der Waals surface area contributed by atoms with Gasteiger partial charge in [0.2, 0.25) is 5.76 Å². The number of fused-ring (bicyclic) bond motifs is 4. The van der Waals surface area contributed by atoms with E-state index in [2.05, 4.69) is 18.7 Å². The number of rotatable bonds is 9. The third-order valence-corrected chi connectivity index (χ3v) is 8.15. The lowest BCUT2D eigenvalue weighted by Crippen LogP contribution is -2.37. The highest BCUT2D eigenvalue weighted by Gasteiger charge is 2.42. The fraction of sp³-hybridized carbons (Fsp3) is 0.235. The number of carbonyl (C=O) groups excluding carboxylic acids is 1. The Balaban J connectivity index is 1.43. The SMILES string of the molecule is CCN(CC)CCN1C(=O)c2oc3c(ccc4ccccc43)c(=O)c2C1c1cccc(OCc2ccc(Cl)cc2)c1. The number of amides is 1. The van der Waals surface area contributed by atoms with Crippen LogP contribution in [0.2, 0.25) is 5.02 Å². The van der Waals surface area contributed by atoms with Gasteiger partial charge < -0.3 is 19.0 Å². The van der Waals surface area contributed by atoms with E-state index in [0.29, 0.717) is 47.0 Å². The second-order valence-electron chi connectivity index (χ2n) is 10.3. The van der Waals surface area contributed by atoms with Crippen molar-refractivity contribution >= 4 is 39.2 Å². The summed E-state index contributed by atoms with van der Waals surface area (Å²) in [6.45, 7) is 7.47. The molecule has 7 heteroatoms. The van der Waals surface area contributed by atoms with E-state index in [1.54, 1.807) is 11.0 Å². The van der Waals surface area contributed by atoms with E-state index in [1.165, 1.54) is 0 Å². The molecular weight excluding hydrogens is 536 g/mol. The number of ether oxygens (including phenoxy) is 1. The molecule has 1 aliphatic heterocycles. The highest BCUT2D eigenvalue weighted by Crippen LogP contribution is 2.40. The van der Waals surface area contributed by atoms with Gasteiger partial charge in [-0.2, -0.15) is 0 Å². The molecule has 4 aromatic carbocycles. The Hall–Kier alpha value is -4.13. The minimum absolute atomic E-state index is 0.121. The van der Waals surface area contributed by atoms with Gasteiger partial charge in [0.1, 0.15) is 17.9 Å². The van der Waals surface area contributed by atoms with Gasteiger partial charge in [-0.05, 0) is 59.9 Å². The summed E-state index contributed by atoms with van der Waals surface area (Å²) >= 11 is 6.02. The van der Waals surface area contributed by atoms with Crippen LogP contribution in [0, 0.1) is 0 Å². The zero-order chi connectivity index (χ0) is 28.5. The summed E-state index contributed by atoms with van der Waals surface area (Å²) in [7, 11) is 0. The molecule has 1 amide bonds. The quantitative estimate of drug-likeness (QED) is 0.179. The molecule has 5 aromatic rings. The summed E-state index contributed by atoms with van der Waals surface area (Å²) in [5.41, 5.74) is 2.44. The van der Waals surface area contributed by atoms with Crippen molar-refractivity contribution in [3.8, 4) is 5.75 Å². The van der Waals surface area contributed by atoms with Gasteiger partial charge in [-0.15, -0.1) is 0 Å². The lowest BCUT2D eigenvalue weighted by molar-refractivity contribution is 0.0708. The Bertz CT molecular complexity index is 1790. The molecule has 1 unspecified atom stereocenters. The first-order valence-electron chi connectivity index (χ1n) is 14.0. The van der Waals surface area contributed by atoms with E-state index < -0.39 is 6.04 Å². The molecule has 41 heavy (non-hydrogen) atoms. The minimum Gasteiger partial charge on any atom is -0.489 e. The number of nitrogens with zero attached hydrogens (tertiary/aromatic N) is 2. The molecule has 0 bridgehead atoms. The van der Waals surface area contributed by atoms with Gasteiger partial charge in [0.25, 0.3) is 5.91 Å². The monoisotopic (exact) mass is 566 g/mol. The topological polar surface area (TPSA) is 63.0 Å². The number of carbonyl (C=O) groups is 1. The zero-order valence-electron chi connectivity index (χ0n) is 23.1. The van der Waals surface area contributed by atoms with Crippen LogP contribution in [0.15, 0.2) is 94.1 Å². The first-order chi connectivity index (χ1) is 20.0. The Morgan fingerprint density at radius 1 is 0.902 bits per heavy atom. The zero-order valence-corrected chi connectivity index (χ0v) is 23.9. The van der Waals surface area contributed by atoms with Crippen molar-refractivity contribution in [1.29, 1.82) is 0 Å². The van der Waals surface area contributed by atoms with Gasteiger partial charge >= 0.3 is 0 Å². The molecule has 1 aliphatic rings. The van der Waals surface area contributed by atoms with Crippen LogP contribution in [0.1, 0.15) is 47.1 Å². The van der Waals surface area contributed by atoms with Crippen molar-refractivity contribution in [3.05, 3.63) is 123 Å². The molecule has 0 saturated carbocycles. The lowest BCUT2D eigenvalue weighted by Gasteiger charge is -2.28. The summed E-state index contributed by atoms with van der Waals surface area (Å²) < 4.78 is 12.5. The number of likely N-dealkylation sites (N-methyl/N-ethyl adjacent to an activating group) is 1. The fourth-order valence-electron chi connectivity index (χ4n) is 5.64. The molecule has 1 atom stereocenters. The maximum atomic E-state index is 14.1. The van der Waals surface area contributed by atoms with Crippen LogP contribution in [0.25, 0.3) is 21.7 Å². The third-order valence-electron chi connectivity index (χ3n) is 7.90. The van der Waals surface area contributed by atoms with Gasteiger partial charge in [0.05, 0.1) is 17.0 Å². The molecule has 2 heterocycles. The van der Waals surface area contributed by atoms with Gasteiger partial charge in [0.15, 0.2) is 5.43 Å². The van der Waals surface area contributed by atoms with E-state index in [-0.39, 0.29) is 17.1 Å². The van der Waals surface area contributed by atoms with Gasteiger partial charge in [0, 0.05) is 23.5 Å². The molecule has 0 fully saturated rings. The molecule has 1 aromatic heterocycles. The van der Waals surface area contributed by atoms with E-state index >= 15 is 0 Å². The van der Waals surface area contributed by atoms with Crippen molar-refractivity contribution in [3.63, 3.8) is 0 Å². The van der Waals surface area contributed by atoms with Gasteiger partial charge in [-0.1, -0.05) is 80.0 Å². The van der Waals surface area contributed by atoms with Crippen LogP contribution in [-0.2, 0) is 6.61 Å². The van der Waals surface area contributed by atoms with Gasteiger partial charge in [-0.3, -0.25) is 9.59 Å². The summed E-state index contributed by atoms with van der Waals surface area (Å²) in [6, 6.07) is 26.0. The standard InChI is InChI=1S/C34H31ClN2O4/c1-3-36(4-2)18-19-37-30(24-9-7-10-26(20-24)40-21-22-12-15-25(35)16-13-22)29-31(38)28-17-14-23-8-5-6-11-27(23)32(28)41-33(29)34(37)39/h5-17,20,30H,3-4,18-19,21H2,1-2H3. The van der Waals surface area contributed by atoms with Crippen LogP contribution in [0.5, 0.6) is 5.75 Å². The molecule has 0 N–H and O–H groups in total. The molecule has 208 valence electrons. The van der Waals surface area contributed by atoms with Crippen LogP contribution in [0.3, 0.4) is 0 Å². The van der Waals surface area contributed by atoms with Crippen molar-refractivity contribution in [2.75, 3.05) is 26.2 Å². The summed E-state index contributed by atoms with van der Waals surface area (Å²) in [5, 5.41) is 2.91. The average Bonchev–Trinajstić information content (AvgIpc) is 3.29. The maximum absolute atomic E-state index is 14.1. The maximum Gasteiger partial charge on any atom is 0.290 e. The largest absolute Gasteiger partial charge is 0.489 e. The Kier molecular flexibility index (Phi) is 7.52. The smallest absolute Gasteiger partial charge is 0.290 e. The average molecular weight is 567 g/mol. The molecule has 0 radical (unpaired) electrons. The summed E-state index contributed by atoms with van der Waals surface area (Å²) in [6.07, 6.45) is 0. The highest BCUT2D eigenvalue weighted by molar-refractivity contribution is 6.30. The Morgan fingerprint density at radius 3 is 2.46 bits per heavy atom. The summed E-state index contributed by atoms with van der Waals surface area (Å²) in [5.74, 6) is 0.505. The predicted molar refractivity (Wildman–Crippen MR) is 163 cm³/mol. The van der Waals surface area contributed by atoms with Crippen molar-refractivity contribution in [2.45, 2.75) is 26.5 Å².